The number of hydrogen-bond acceptors (Lipinski definition) is 4. The number of primary amides is 1. The summed E-state index contributed by atoms with van der Waals surface area (Å²) in [4.78, 5) is 16.2. The summed E-state index contributed by atoms with van der Waals surface area (Å²) in [5, 5.41) is 3.29. The van der Waals surface area contributed by atoms with Gasteiger partial charge in [0.15, 0.2) is 0 Å². The van der Waals surface area contributed by atoms with E-state index in [4.69, 9.17) is 5.73 Å². The van der Waals surface area contributed by atoms with Gasteiger partial charge >= 0.3 is 0 Å². The minimum atomic E-state index is -0.641. The summed E-state index contributed by atoms with van der Waals surface area (Å²) >= 11 is 0. The highest BCUT2D eigenvalue weighted by Crippen LogP contribution is 2.07. The molecular formula is C14H32N4O. The van der Waals surface area contributed by atoms with Crippen molar-refractivity contribution in [2.75, 3.05) is 46.8 Å². The molecule has 0 fully saturated rings. The van der Waals surface area contributed by atoms with Gasteiger partial charge in [-0.2, -0.15) is 0 Å². The van der Waals surface area contributed by atoms with E-state index in [1.54, 1.807) is 0 Å². The zero-order valence-electron chi connectivity index (χ0n) is 13.3. The molecule has 0 spiro atoms. The summed E-state index contributed by atoms with van der Waals surface area (Å²) in [5.41, 5.74) is 4.93. The van der Waals surface area contributed by atoms with Crippen LogP contribution in [0.3, 0.4) is 0 Å². The third kappa shape index (κ3) is 7.50. The molecule has 5 nitrogen and oxygen atoms in total. The summed E-state index contributed by atoms with van der Waals surface area (Å²) in [6.45, 7) is 10.6. The van der Waals surface area contributed by atoms with E-state index in [-0.39, 0.29) is 5.91 Å². The minimum Gasteiger partial charge on any atom is -0.368 e. The fraction of sp³-hybridized carbons (Fsp3) is 0.929. The van der Waals surface area contributed by atoms with Crippen LogP contribution in [0, 0.1) is 0 Å². The standard InChI is InChI=1S/C14H32N4O/c1-6-8-16-14(3,13(15)19)12-18(9-7-2)11-10-17(4)5/h16H,6-12H2,1-5H3,(H2,15,19). The van der Waals surface area contributed by atoms with Gasteiger partial charge < -0.3 is 16.0 Å². The number of carbonyl (C=O) groups is 1. The summed E-state index contributed by atoms with van der Waals surface area (Å²) in [6, 6.07) is 0. The second-order valence-electron chi connectivity index (χ2n) is 5.70. The van der Waals surface area contributed by atoms with Crippen LogP contribution in [-0.4, -0.2) is 68.1 Å². The first-order valence-electron chi connectivity index (χ1n) is 7.27. The molecule has 1 unspecified atom stereocenters. The SMILES string of the molecule is CCCNC(C)(CN(CCC)CCN(C)C)C(N)=O. The molecule has 0 radical (unpaired) electrons. The molecule has 1 amide bonds. The molecule has 3 N–H and O–H groups in total. The molecular weight excluding hydrogens is 240 g/mol. The predicted molar refractivity (Wildman–Crippen MR) is 81.2 cm³/mol. The van der Waals surface area contributed by atoms with Gasteiger partial charge in [0.2, 0.25) is 5.91 Å². The van der Waals surface area contributed by atoms with Crippen molar-refractivity contribution >= 4 is 5.91 Å². The third-order valence-electron chi connectivity index (χ3n) is 3.25. The molecule has 0 rings (SSSR count). The van der Waals surface area contributed by atoms with Gasteiger partial charge in [0.25, 0.3) is 0 Å². The maximum absolute atomic E-state index is 11.7. The van der Waals surface area contributed by atoms with Crippen LogP contribution >= 0.6 is 0 Å². The van der Waals surface area contributed by atoms with Crippen LogP contribution in [-0.2, 0) is 4.79 Å². The lowest BCUT2D eigenvalue weighted by Crippen LogP contribution is -2.60. The molecule has 0 aliphatic rings. The van der Waals surface area contributed by atoms with Crippen LogP contribution in [0.25, 0.3) is 0 Å². The lowest BCUT2D eigenvalue weighted by Gasteiger charge is -2.34. The van der Waals surface area contributed by atoms with Gasteiger partial charge in [-0.25, -0.2) is 0 Å². The largest absolute Gasteiger partial charge is 0.368 e. The Morgan fingerprint density at radius 1 is 1.16 bits per heavy atom. The first-order chi connectivity index (χ1) is 8.85. The summed E-state index contributed by atoms with van der Waals surface area (Å²) in [5.74, 6) is -0.271. The van der Waals surface area contributed by atoms with E-state index in [1.165, 1.54) is 0 Å². The van der Waals surface area contributed by atoms with Crippen LogP contribution in [0.1, 0.15) is 33.6 Å². The van der Waals surface area contributed by atoms with E-state index < -0.39 is 5.54 Å². The van der Waals surface area contributed by atoms with Crippen molar-refractivity contribution in [3.8, 4) is 0 Å². The number of hydrogen-bond donors (Lipinski definition) is 2. The number of nitrogens with one attached hydrogen (secondary N) is 1. The normalized spacial score (nSPS) is 14.9. The summed E-state index contributed by atoms with van der Waals surface area (Å²) < 4.78 is 0. The third-order valence-corrected chi connectivity index (χ3v) is 3.25. The molecule has 0 aliphatic heterocycles. The van der Waals surface area contributed by atoms with Gasteiger partial charge in [-0.3, -0.25) is 9.69 Å². The highest BCUT2D eigenvalue weighted by Gasteiger charge is 2.32. The first kappa shape index (κ1) is 18.4. The first-order valence-corrected chi connectivity index (χ1v) is 7.27. The highest BCUT2D eigenvalue weighted by molar-refractivity contribution is 5.84. The number of amides is 1. The number of rotatable bonds is 11. The average Bonchev–Trinajstić information content (AvgIpc) is 2.33. The minimum absolute atomic E-state index is 0.271. The van der Waals surface area contributed by atoms with Gasteiger partial charge in [-0.15, -0.1) is 0 Å². The Bertz CT molecular complexity index is 258. The number of nitrogens with two attached hydrogens (primary N) is 1. The molecule has 0 saturated heterocycles. The average molecular weight is 272 g/mol. The van der Waals surface area contributed by atoms with E-state index in [2.05, 4.69) is 43.1 Å². The number of likely N-dealkylation sites (N-methyl/N-ethyl adjacent to an activating group) is 1. The van der Waals surface area contributed by atoms with Crippen molar-refractivity contribution < 1.29 is 4.79 Å². The Morgan fingerprint density at radius 2 is 1.79 bits per heavy atom. The Morgan fingerprint density at radius 3 is 2.21 bits per heavy atom. The topological polar surface area (TPSA) is 61.6 Å². The van der Waals surface area contributed by atoms with Crippen LogP contribution in [0.4, 0.5) is 0 Å². The zero-order valence-corrected chi connectivity index (χ0v) is 13.3. The molecule has 5 heteroatoms. The highest BCUT2D eigenvalue weighted by atomic mass is 16.1. The van der Waals surface area contributed by atoms with Gasteiger partial charge in [0, 0.05) is 19.6 Å². The Hall–Kier alpha value is -0.650. The van der Waals surface area contributed by atoms with Crippen LogP contribution in [0.15, 0.2) is 0 Å². The van der Waals surface area contributed by atoms with Gasteiger partial charge in [-0.1, -0.05) is 13.8 Å². The fourth-order valence-electron chi connectivity index (χ4n) is 2.00. The van der Waals surface area contributed by atoms with E-state index in [0.29, 0.717) is 6.54 Å². The van der Waals surface area contributed by atoms with E-state index in [1.807, 2.05) is 6.92 Å². The summed E-state index contributed by atoms with van der Waals surface area (Å²) in [7, 11) is 4.12. The quantitative estimate of drug-likeness (QED) is 0.575. The lowest BCUT2D eigenvalue weighted by atomic mass is 10.00. The molecule has 0 bridgehead atoms. The molecule has 0 heterocycles. The molecule has 114 valence electrons. The number of carbonyl (C=O) groups excluding carboxylic acids is 1. The molecule has 0 aromatic carbocycles. The van der Waals surface area contributed by atoms with Crippen LogP contribution < -0.4 is 11.1 Å². The lowest BCUT2D eigenvalue weighted by molar-refractivity contribution is -0.124. The molecule has 0 aromatic heterocycles. The van der Waals surface area contributed by atoms with Crippen LogP contribution in [0.2, 0.25) is 0 Å². The van der Waals surface area contributed by atoms with Crippen molar-refractivity contribution in [2.24, 2.45) is 5.73 Å². The van der Waals surface area contributed by atoms with Crippen molar-refractivity contribution in [1.29, 1.82) is 0 Å². The molecule has 0 aliphatic carbocycles. The van der Waals surface area contributed by atoms with E-state index in [9.17, 15) is 4.79 Å². The maximum atomic E-state index is 11.7. The molecule has 19 heavy (non-hydrogen) atoms. The summed E-state index contributed by atoms with van der Waals surface area (Å²) in [6.07, 6.45) is 2.07. The second kappa shape index (κ2) is 9.28. The smallest absolute Gasteiger partial charge is 0.238 e. The van der Waals surface area contributed by atoms with Crippen molar-refractivity contribution in [1.82, 2.24) is 15.1 Å². The van der Waals surface area contributed by atoms with Crippen LogP contribution in [0.5, 0.6) is 0 Å². The van der Waals surface area contributed by atoms with Crippen molar-refractivity contribution in [3.05, 3.63) is 0 Å². The second-order valence-corrected chi connectivity index (χ2v) is 5.70. The van der Waals surface area contributed by atoms with Gasteiger partial charge in [-0.05, 0) is 47.0 Å². The Labute approximate surface area is 118 Å². The maximum Gasteiger partial charge on any atom is 0.238 e. The monoisotopic (exact) mass is 272 g/mol. The van der Waals surface area contributed by atoms with E-state index in [0.717, 1.165) is 39.0 Å². The Balaban J connectivity index is 4.58. The zero-order chi connectivity index (χ0) is 14.9. The molecule has 0 aromatic rings. The van der Waals surface area contributed by atoms with Crippen molar-refractivity contribution in [2.45, 2.75) is 39.2 Å². The van der Waals surface area contributed by atoms with Gasteiger partial charge in [0.1, 0.15) is 5.54 Å². The number of nitrogens with zero attached hydrogens (tertiary/aromatic N) is 2. The van der Waals surface area contributed by atoms with Crippen molar-refractivity contribution in [3.63, 3.8) is 0 Å². The molecule has 0 saturated carbocycles. The van der Waals surface area contributed by atoms with E-state index >= 15 is 0 Å². The van der Waals surface area contributed by atoms with Gasteiger partial charge in [0.05, 0.1) is 0 Å². The molecule has 1 atom stereocenters. The Kier molecular flexibility index (Phi) is 8.97. The fourth-order valence-corrected chi connectivity index (χ4v) is 2.00. The predicted octanol–water partition coefficient (Wildman–Crippen LogP) is 0.504.